The van der Waals surface area contributed by atoms with Gasteiger partial charge in [0, 0.05) is 43.1 Å². The average molecular weight is 402 g/mol. The van der Waals surface area contributed by atoms with Crippen LogP contribution < -0.4 is 15.0 Å². The summed E-state index contributed by atoms with van der Waals surface area (Å²) in [5.41, 5.74) is 4.49. The van der Waals surface area contributed by atoms with Crippen LogP contribution >= 0.6 is 0 Å². The summed E-state index contributed by atoms with van der Waals surface area (Å²) in [7, 11) is 2.19. The predicted octanol–water partition coefficient (Wildman–Crippen LogP) is 3.94. The van der Waals surface area contributed by atoms with Crippen LogP contribution in [0.3, 0.4) is 0 Å². The summed E-state index contributed by atoms with van der Waals surface area (Å²) in [4.78, 5) is 7.29. The Balaban J connectivity index is 1.27. The molecule has 0 amide bonds. The van der Waals surface area contributed by atoms with Gasteiger partial charge in [-0.15, -0.1) is 0 Å². The van der Waals surface area contributed by atoms with Gasteiger partial charge in [-0.3, -0.25) is 0 Å². The highest BCUT2D eigenvalue weighted by Crippen LogP contribution is 2.39. The van der Waals surface area contributed by atoms with Gasteiger partial charge in [0.1, 0.15) is 12.4 Å². The van der Waals surface area contributed by atoms with Crippen molar-refractivity contribution in [3.63, 3.8) is 0 Å². The van der Waals surface area contributed by atoms with E-state index in [0.29, 0.717) is 24.7 Å². The normalized spacial score (nSPS) is 24.5. The largest absolute Gasteiger partial charge is 0.472 e. The first-order chi connectivity index (χ1) is 14.7. The van der Waals surface area contributed by atoms with Crippen molar-refractivity contribution in [2.24, 2.45) is 0 Å². The van der Waals surface area contributed by atoms with Crippen molar-refractivity contribution in [1.29, 1.82) is 0 Å². The number of fused-ring (bicyclic) bond motifs is 5. The smallest absolute Gasteiger partial charge is 0.223 e. The third-order valence-electron chi connectivity index (χ3n) is 6.96. The summed E-state index contributed by atoms with van der Waals surface area (Å²) in [5.74, 6) is 1.75. The van der Waals surface area contributed by atoms with Crippen molar-refractivity contribution in [1.82, 2.24) is 20.1 Å². The quantitative estimate of drug-likeness (QED) is 0.721. The van der Waals surface area contributed by atoms with Crippen LogP contribution in [0.15, 0.2) is 48.8 Å². The average Bonchev–Trinajstić information content (AvgIpc) is 3.32. The van der Waals surface area contributed by atoms with Gasteiger partial charge in [0.15, 0.2) is 0 Å². The molecule has 3 aliphatic rings. The number of rotatable bonds is 3. The SMILES string of the molecule is CN(c1ccc2c(n1)OCc1cc(-n3cccn3)ccc1-2)C1CC2CCCC(C1)N2. The van der Waals surface area contributed by atoms with E-state index in [1.165, 1.54) is 43.2 Å². The lowest BCUT2D eigenvalue weighted by molar-refractivity contribution is 0.219. The lowest BCUT2D eigenvalue weighted by atomic mass is 9.83. The molecule has 2 saturated heterocycles. The summed E-state index contributed by atoms with van der Waals surface area (Å²) < 4.78 is 7.97. The highest BCUT2D eigenvalue weighted by Gasteiger charge is 2.33. The van der Waals surface area contributed by atoms with Crippen molar-refractivity contribution in [3.8, 4) is 22.7 Å². The van der Waals surface area contributed by atoms with Crippen molar-refractivity contribution in [2.75, 3.05) is 11.9 Å². The van der Waals surface area contributed by atoms with Gasteiger partial charge in [0.2, 0.25) is 5.88 Å². The van der Waals surface area contributed by atoms with Crippen molar-refractivity contribution in [3.05, 3.63) is 54.4 Å². The molecule has 6 rings (SSSR count). The van der Waals surface area contributed by atoms with Crippen LogP contribution in [0.1, 0.15) is 37.7 Å². The second-order valence-electron chi connectivity index (χ2n) is 8.83. The molecular weight excluding hydrogens is 374 g/mol. The van der Waals surface area contributed by atoms with Gasteiger partial charge in [-0.25, -0.2) is 4.68 Å². The van der Waals surface area contributed by atoms with Gasteiger partial charge in [-0.2, -0.15) is 10.1 Å². The second kappa shape index (κ2) is 7.13. The second-order valence-corrected chi connectivity index (χ2v) is 8.83. The molecule has 5 heterocycles. The molecular formula is C24H27N5O. The predicted molar refractivity (Wildman–Crippen MR) is 117 cm³/mol. The standard InChI is InChI=1S/C24H27N5O/c1-28(20-13-17-4-2-5-18(14-20)26-17)23-9-8-22-21-7-6-19(29-11-3-10-25-29)12-16(21)15-30-24(22)27-23/h3,6-12,17-18,20,26H,2,4-5,13-15H2,1H3. The Hall–Kier alpha value is -2.86. The third kappa shape index (κ3) is 3.06. The first-order valence-corrected chi connectivity index (χ1v) is 11.0. The summed E-state index contributed by atoms with van der Waals surface area (Å²) >= 11 is 0. The zero-order chi connectivity index (χ0) is 20.1. The molecule has 6 nitrogen and oxygen atoms in total. The van der Waals surface area contributed by atoms with E-state index in [9.17, 15) is 0 Å². The van der Waals surface area contributed by atoms with E-state index in [1.807, 2.05) is 16.9 Å². The van der Waals surface area contributed by atoms with Crippen molar-refractivity contribution in [2.45, 2.75) is 56.8 Å². The maximum atomic E-state index is 6.10. The summed E-state index contributed by atoms with van der Waals surface area (Å²) in [6.07, 6.45) is 10.1. The minimum atomic E-state index is 0.537. The van der Waals surface area contributed by atoms with Gasteiger partial charge in [0.05, 0.1) is 5.69 Å². The van der Waals surface area contributed by atoms with E-state index in [0.717, 1.165) is 22.9 Å². The maximum absolute atomic E-state index is 6.10. The minimum Gasteiger partial charge on any atom is -0.472 e. The zero-order valence-electron chi connectivity index (χ0n) is 17.3. The number of piperidine rings is 2. The molecule has 2 fully saturated rings. The molecule has 1 N–H and O–H groups in total. The molecule has 2 atom stereocenters. The zero-order valence-corrected chi connectivity index (χ0v) is 17.3. The Kier molecular flexibility index (Phi) is 4.27. The third-order valence-corrected chi connectivity index (χ3v) is 6.96. The van der Waals surface area contributed by atoms with Gasteiger partial charge >= 0.3 is 0 Å². The molecule has 0 saturated carbocycles. The van der Waals surface area contributed by atoms with Gasteiger partial charge in [-0.1, -0.05) is 12.5 Å². The molecule has 0 aliphatic carbocycles. The van der Waals surface area contributed by atoms with E-state index in [1.54, 1.807) is 6.20 Å². The van der Waals surface area contributed by atoms with E-state index in [-0.39, 0.29) is 0 Å². The molecule has 3 aromatic rings. The Morgan fingerprint density at radius 1 is 1.10 bits per heavy atom. The van der Waals surface area contributed by atoms with E-state index >= 15 is 0 Å². The van der Waals surface area contributed by atoms with Crippen LogP contribution in [-0.4, -0.2) is 39.9 Å². The van der Waals surface area contributed by atoms with Crippen molar-refractivity contribution < 1.29 is 4.74 Å². The Labute approximate surface area is 176 Å². The Morgan fingerprint density at radius 3 is 2.73 bits per heavy atom. The number of aromatic nitrogens is 3. The fourth-order valence-corrected chi connectivity index (χ4v) is 5.35. The monoisotopic (exact) mass is 401 g/mol. The molecule has 30 heavy (non-hydrogen) atoms. The summed E-state index contributed by atoms with van der Waals surface area (Å²) in [6, 6.07) is 14.5. The van der Waals surface area contributed by atoms with Crippen LogP contribution in [0.4, 0.5) is 5.82 Å². The van der Waals surface area contributed by atoms with E-state index in [2.05, 4.69) is 52.7 Å². The molecule has 6 heteroatoms. The fraction of sp³-hybridized carbons (Fsp3) is 0.417. The molecule has 0 radical (unpaired) electrons. The number of nitrogens with one attached hydrogen (secondary N) is 1. The molecule has 2 aromatic heterocycles. The van der Waals surface area contributed by atoms with E-state index < -0.39 is 0 Å². The van der Waals surface area contributed by atoms with Gasteiger partial charge < -0.3 is 15.0 Å². The fourth-order valence-electron chi connectivity index (χ4n) is 5.35. The first kappa shape index (κ1) is 18.0. The van der Waals surface area contributed by atoms with E-state index in [4.69, 9.17) is 9.72 Å². The van der Waals surface area contributed by atoms with Gasteiger partial charge in [-0.05, 0) is 67.1 Å². The molecule has 1 aromatic carbocycles. The van der Waals surface area contributed by atoms with Crippen molar-refractivity contribution >= 4 is 5.82 Å². The lowest BCUT2D eigenvalue weighted by Gasteiger charge is -2.44. The Bertz CT molecular complexity index is 1050. The number of pyridine rings is 1. The number of hydrogen-bond donors (Lipinski definition) is 1. The topological polar surface area (TPSA) is 55.2 Å². The highest BCUT2D eigenvalue weighted by atomic mass is 16.5. The Morgan fingerprint density at radius 2 is 1.93 bits per heavy atom. The summed E-state index contributed by atoms with van der Waals surface area (Å²) in [6.45, 7) is 0.537. The number of benzene rings is 1. The highest BCUT2D eigenvalue weighted by molar-refractivity contribution is 5.75. The first-order valence-electron chi connectivity index (χ1n) is 11.0. The molecule has 2 unspecified atom stereocenters. The number of anilines is 1. The lowest BCUT2D eigenvalue weighted by Crippen LogP contribution is -2.54. The van der Waals surface area contributed by atoms with Crippen LogP contribution in [-0.2, 0) is 6.61 Å². The van der Waals surface area contributed by atoms with Crippen LogP contribution in [0.5, 0.6) is 5.88 Å². The number of ether oxygens (including phenoxy) is 1. The van der Waals surface area contributed by atoms with Crippen LogP contribution in [0.2, 0.25) is 0 Å². The number of hydrogen-bond acceptors (Lipinski definition) is 5. The minimum absolute atomic E-state index is 0.537. The molecule has 3 aliphatic heterocycles. The van der Waals surface area contributed by atoms with Crippen LogP contribution in [0.25, 0.3) is 16.8 Å². The summed E-state index contributed by atoms with van der Waals surface area (Å²) in [5, 5.41) is 8.12. The number of nitrogens with zero attached hydrogens (tertiary/aromatic N) is 4. The maximum Gasteiger partial charge on any atom is 0.223 e. The van der Waals surface area contributed by atoms with Gasteiger partial charge in [0.25, 0.3) is 0 Å². The molecule has 154 valence electrons. The molecule has 0 spiro atoms. The van der Waals surface area contributed by atoms with Crippen LogP contribution in [0, 0.1) is 0 Å². The molecule has 2 bridgehead atoms.